The van der Waals surface area contributed by atoms with Gasteiger partial charge in [-0.15, -0.1) is 0 Å². The Morgan fingerprint density at radius 3 is 2.21 bits per heavy atom. The molecule has 2 aliphatic rings. The molecular weight excluding hydrogens is 316 g/mol. The van der Waals surface area contributed by atoms with E-state index in [2.05, 4.69) is 39.0 Å². The molecule has 1 heterocycles. The van der Waals surface area contributed by atoms with Crippen LogP contribution in [0.4, 0.5) is 0 Å². The third-order valence-corrected chi connectivity index (χ3v) is 12.1. The third-order valence-electron chi connectivity index (χ3n) is 6.31. The SMILES string of the molecule is CC[Si](CC)(CC)C1=C[C@H](c2ccccc2)[C@@H]2C(=O)OC(=O)[C@@H]2C1. The van der Waals surface area contributed by atoms with Gasteiger partial charge in [-0.1, -0.05) is 80.5 Å². The molecule has 0 unspecified atom stereocenters. The summed E-state index contributed by atoms with van der Waals surface area (Å²) in [6, 6.07) is 13.7. The van der Waals surface area contributed by atoms with E-state index in [9.17, 15) is 9.59 Å². The molecule has 128 valence electrons. The molecule has 3 rings (SSSR count). The normalized spacial score (nSPS) is 26.8. The molecule has 1 fully saturated rings. The summed E-state index contributed by atoms with van der Waals surface area (Å²) in [6.07, 6.45) is 3.05. The van der Waals surface area contributed by atoms with Crippen LogP contribution in [0.3, 0.4) is 0 Å². The molecule has 1 aliphatic heterocycles. The minimum Gasteiger partial charge on any atom is -0.393 e. The van der Waals surface area contributed by atoms with Gasteiger partial charge in [-0.3, -0.25) is 9.59 Å². The first-order valence-electron chi connectivity index (χ1n) is 9.08. The number of benzene rings is 1. The lowest BCUT2D eigenvalue weighted by Crippen LogP contribution is -2.40. The summed E-state index contributed by atoms with van der Waals surface area (Å²) in [4.78, 5) is 24.6. The van der Waals surface area contributed by atoms with Gasteiger partial charge < -0.3 is 4.74 Å². The van der Waals surface area contributed by atoms with Crippen LogP contribution in [0.15, 0.2) is 41.6 Å². The van der Waals surface area contributed by atoms with E-state index in [1.807, 2.05) is 18.2 Å². The van der Waals surface area contributed by atoms with Crippen LogP contribution in [0, 0.1) is 11.8 Å². The van der Waals surface area contributed by atoms with Crippen molar-refractivity contribution in [2.24, 2.45) is 11.8 Å². The molecule has 3 nitrogen and oxygen atoms in total. The Kier molecular flexibility index (Phi) is 4.77. The van der Waals surface area contributed by atoms with Gasteiger partial charge in [-0.2, -0.15) is 0 Å². The summed E-state index contributed by atoms with van der Waals surface area (Å²) < 4.78 is 5.03. The molecule has 0 aromatic heterocycles. The number of rotatable bonds is 5. The molecule has 0 bridgehead atoms. The predicted octanol–water partition coefficient (Wildman–Crippen LogP) is 4.46. The van der Waals surface area contributed by atoms with E-state index in [1.165, 1.54) is 23.3 Å². The molecular formula is C20H26O3Si. The molecule has 1 aromatic carbocycles. The maximum Gasteiger partial charge on any atom is 0.318 e. The van der Waals surface area contributed by atoms with Crippen molar-refractivity contribution in [3.05, 3.63) is 47.2 Å². The molecule has 0 spiro atoms. The lowest BCUT2D eigenvalue weighted by Gasteiger charge is -2.38. The second-order valence-electron chi connectivity index (χ2n) is 7.05. The molecule has 4 heteroatoms. The fourth-order valence-corrected chi connectivity index (χ4v) is 8.64. The fraction of sp³-hybridized carbons (Fsp3) is 0.500. The Morgan fingerprint density at radius 1 is 1.00 bits per heavy atom. The topological polar surface area (TPSA) is 43.4 Å². The van der Waals surface area contributed by atoms with Crippen LogP contribution in [0.2, 0.25) is 18.1 Å². The summed E-state index contributed by atoms with van der Waals surface area (Å²) in [5.41, 5.74) is 1.11. The molecule has 0 N–H and O–H groups in total. The summed E-state index contributed by atoms with van der Waals surface area (Å²) in [5.74, 6) is -1.33. The molecule has 1 aliphatic carbocycles. The molecule has 0 saturated carbocycles. The average molecular weight is 343 g/mol. The van der Waals surface area contributed by atoms with Gasteiger partial charge in [0.15, 0.2) is 0 Å². The highest BCUT2D eigenvalue weighted by molar-refractivity contribution is 6.86. The van der Waals surface area contributed by atoms with Crippen LogP contribution >= 0.6 is 0 Å². The number of fused-ring (bicyclic) bond motifs is 1. The van der Waals surface area contributed by atoms with Crippen molar-refractivity contribution in [2.75, 3.05) is 0 Å². The summed E-state index contributed by atoms with van der Waals surface area (Å²) in [6.45, 7) is 6.84. The number of carbonyl (C=O) groups excluding carboxylic acids is 2. The summed E-state index contributed by atoms with van der Waals surface area (Å²) in [5, 5.41) is 1.47. The number of hydrogen-bond donors (Lipinski definition) is 0. The van der Waals surface area contributed by atoms with E-state index in [1.54, 1.807) is 0 Å². The van der Waals surface area contributed by atoms with Crippen molar-refractivity contribution in [1.82, 2.24) is 0 Å². The highest BCUT2D eigenvalue weighted by Gasteiger charge is 2.52. The molecule has 1 saturated heterocycles. The third kappa shape index (κ3) is 2.67. The fourth-order valence-electron chi connectivity index (χ4n) is 4.59. The Bertz CT molecular complexity index is 652. The Balaban J connectivity index is 2.10. The summed E-state index contributed by atoms with van der Waals surface area (Å²) in [7, 11) is -1.56. The van der Waals surface area contributed by atoms with E-state index in [4.69, 9.17) is 4.74 Å². The van der Waals surface area contributed by atoms with Crippen LogP contribution in [0.1, 0.15) is 38.7 Å². The van der Waals surface area contributed by atoms with Gasteiger partial charge in [0.05, 0.1) is 19.9 Å². The first kappa shape index (κ1) is 17.2. The lowest BCUT2D eigenvalue weighted by molar-refractivity contribution is -0.153. The van der Waals surface area contributed by atoms with Crippen molar-refractivity contribution in [2.45, 2.75) is 51.2 Å². The molecule has 24 heavy (non-hydrogen) atoms. The van der Waals surface area contributed by atoms with Crippen molar-refractivity contribution >= 4 is 20.0 Å². The zero-order valence-corrected chi connectivity index (χ0v) is 15.7. The van der Waals surface area contributed by atoms with Gasteiger partial charge in [-0.25, -0.2) is 0 Å². The quantitative estimate of drug-likeness (QED) is 0.451. The van der Waals surface area contributed by atoms with Gasteiger partial charge in [0.25, 0.3) is 0 Å². The maximum atomic E-state index is 12.3. The van der Waals surface area contributed by atoms with E-state index in [0.717, 1.165) is 12.0 Å². The molecule has 0 amide bonds. The number of hydrogen-bond acceptors (Lipinski definition) is 3. The first-order chi connectivity index (χ1) is 11.6. The minimum absolute atomic E-state index is 0.0320. The maximum absolute atomic E-state index is 12.3. The van der Waals surface area contributed by atoms with Gasteiger partial charge in [-0.05, 0) is 12.0 Å². The molecule has 0 radical (unpaired) electrons. The van der Waals surface area contributed by atoms with Crippen LogP contribution in [0.5, 0.6) is 0 Å². The van der Waals surface area contributed by atoms with Crippen LogP contribution < -0.4 is 0 Å². The number of allylic oxidation sites excluding steroid dienone is 2. The zero-order valence-electron chi connectivity index (χ0n) is 14.7. The highest BCUT2D eigenvalue weighted by atomic mass is 28.3. The van der Waals surface area contributed by atoms with Gasteiger partial charge in [0, 0.05) is 5.92 Å². The van der Waals surface area contributed by atoms with Crippen molar-refractivity contribution in [3.63, 3.8) is 0 Å². The average Bonchev–Trinajstić information content (AvgIpc) is 2.91. The number of cyclic esters (lactones) is 2. The van der Waals surface area contributed by atoms with Crippen molar-refractivity contribution in [1.29, 1.82) is 0 Å². The van der Waals surface area contributed by atoms with Gasteiger partial charge in [0.2, 0.25) is 0 Å². The minimum atomic E-state index is -1.56. The van der Waals surface area contributed by atoms with E-state index >= 15 is 0 Å². The standard InChI is InChI=1S/C20H26O3Si/c1-4-24(5-2,6-3)15-12-16(14-10-8-7-9-11-14)18-17(13-15)19(21)23-20(18)22/h7-12,16-18H,4-6,13H2,1-3H3/t16-,17-,18+/m1/s1. The Labute approximate surface area is 145 Å². The number of carbonyl (C=O) groups is 2. The molecule has 3 atom stereocenters. The lowest BCUT2D eigenvalue weighted by atomic mass is 9.74. The smallest absolute Gasteiger partial charge is 0.318 e. The Morgan fingerprint density at radius 2 is 1.62 bits per heavy atom. The highest BCUT2D eigenvalue weighted by Crippen LogP contribution is 2.48. The predicted molar refractivity (Wildman–Crippen MR) is 97.2 cm³/mol. The van der Waals surface area contributed by atoms with Gasteiger partial charge in [0.1, 0.15) is 0 Å². The first-order valence-corrected chi connectivity index (χ1v) is 11.7. The monoisotopic (exact) mass is 342 g/mol. The van der Waals surface area contributed by atoms with Crippen molar-refractivity contribution < 1.29 is 14.3 Å². The number of ether oxygens (including phenoxy) is 1. The Hall–Kier alpha value is -1.68. The van der Waals surface area contributed by atoms with Gasteiger partial charge >= 0.3 is 11.9 Å². The van der Waals surface area contributed by atoms with Crippen molar-refractivity contribution in [3.8, 4) is 0 Å². The number of esters is 2. The second-order valence-corrected chi connectivity index (χ2v) is 12.4. The van der Waals surface area contributed by atoms with Crippen LogP contribution in [-0.4, -0.2) is 20.0 Å². The van der Waals surface area contributed by atoms with Crippen LogP contribution in [-0.2, 0) is 14.3 Å². The van der Waals surface area contributed by atoms with Crippen LogP contribution in [0.25, 0.3) is 0 Å². The van der Waals surface area contributed by atoms with E-state index in [0.29, 0.717) is 0 Å². The second kappa shape index (κ2) is 6.67. The van der Waals surface area contributed by atoms with E-state index < -0.39 is 8.07 Å². The summed E-state index contributed by atoms with van der Waals surface area (Å²) >= 11 is 0. The largest absolute Gasteiger partial charge is 0.393 e. The molecule has 1 aromatic rings. The zero-order chi connectivity index (χ0) is 17.3. The van der Waals surface area contributed by atoms with E-state index in [-0.39, 0.29) is 29.7 Å².